The second kappa shape index (κ2) is 6.21. The van der Waals surface area contributed by atoms with Crippen molar-refractivity contribution in [2.75, 3.05) is 0 Å². The number of nitrogens with zero attached hydrogens (tertiary/aromatic N) is 1. The lowest BCUT2D eigenvalue weighted by molar-refractivity contribution is 0.590. The molecule has 0 aliphatic carbocycles. The molecule has 1 heterocycles. The standard InChI is InChI=1S/C14H14N2O3S.H2/c17-14-9-4-5-11-16(14)12-6-10-15-20(18,19)13-7-2-1-3-8-13;/h1-11,15H,12H2;1H/b10-6+;. The van der Waals surface area contributed by atoms with Gasteiger partial charge in [-0.1, -0.05) is 24.3 Å². The van der Waals surface area contributed by atoms with Crippen molar-refractivity contribution < 1.29 is 9.84 Å². The van der Waals surface area contributed by atoms with E-state index in [1.165, 1.54) is 29.0 Å². The Labute approximate surface area is 118 Å². The van der Waals surface area contributed by atoms with Gasteiger partial charge in [-0.15, -0.1) is 0 Å². The third-order valence-corrected chi connectivity index (χ3v) is 3.93. The lowest BCUT2D eigenvalue weighted by atomic mass is 10.4. The summed E-state index contributed by atoms with van der Waals surface area (Å²) in [6.07, 6.45) is 4.53. The summed E-state index contributed by atoms with van der Waals surface area (Å²) in [6, 6.07) is 12.9. The summed E-state index contributed by atoms with van der Waals surface area (Å²) in [5, 5.41) is 0. The first-order valence-electron chi connectivity index (χ1n) is 5.97. The number of rotatable bonds is 5. The van der Waals surface area contributed by atoms with Crippen LogP contribution >= 0.6 is 0 Å². The maximum Gasteiger partial charge on any atom is 0.261 e. The molecular formula is C14H16N2O3S. The molecule has 0 aliphatic rings. The molecule has 106 valence electrons. The van der Waals surface area contributed by atoms with E-state index < -0.39 is 10.0 Å². The highest BCUT2D eigenvalue weighted by Gasteiger charge is 2.09. The third kappa shape index (κ3) is 3.58. The average Bonchev–Trinajstić information content (AvgIpc) is 2.46. The smallest absolute Gasteiger partial charge is 0.261 e. The van der Waals surface area contributed by atoms with E-state index in [4.69, 9.17) is 0 Å². The molecule has 0 saturated carbocycles. The first-order valence-corrected chi connectivity index (χ1v) is 7.46. The van der Waals surface area contributed by atoms with Crippen LogP contribution in [0.1, 0.15) is 1.43 Å². The van der Waals surface area contributed by atoms with Crippen LogP contribution in [0.5, 0.6) is 0 Å². The van der Waals surface area contributed by atoms with E-state index >= 15 is 0 Å². The molecule has 0 saturated heterocycles. The molecule has 0 spiro atoms. The third-order valence-electron chi connectivity index (χ3n) is 2.60. The maximum absolute atomic E-state index is 11.9. The molecule has 0 fully saturated rings. The Balaban J connectivity index is 0.00000220. The zero-order valence-electron chi connectivity index (χ0n) is 10.6. The number of hydrogen-bond acceptors (Lipinski definition) is 3. The van der Waals surface area contributed by atoms with Gasteiger partial charge in [-0.2, -0.15) is 0 Å². The molecule has 0 aliphatic heterocycles. The molecule has 1 aromatic carbocycles. The molecule has 2 rings (SSSR count). The van der Waals surface area contributed by atoms with E-state index in [0.29, 0.717) is 6.54 Å². The Hall–Kier alpha value is -2.34. The van der Waals surface area contributed by atoms with Crippen LogP contribution in [0.15, 0.2) is 76.7 Å². The van der Waals surface area contributed by atoms with Gasteiger partial charge in [0.15, 0.2) is 0 Å². The number of benzene rings is 1. The van der Waals surface area contributed by atoms with Crippen molar-refractivity contribution in [2.45, 2.75) is 11.4 Å². The maximum atomic E-state index is 11.9. The molecule has 2 aromatic rings. The monoisotopic (exact) mass is 292 g/mol. The molecule has 5 nitrogen and oxygen atoms in total. The van der Waals surface area contributed by atoms with E-state index in [1.807, 2.05) is 0 Å². The van der Waals surface area contributed by atoms with E-state index in [2.05, 4.69) is 4.72 Å². The Morgan fingerprint density at radius 2 is 1.80 bits per heavy atom. The molecule has 0 unspecified atom stereocenters. The predicted molar refractivity (Wildman–Crippen MR) is 78.7 cm³/mol. The van der Waals surface area contributed by atoms with Crippen LogP contribution in [-0.4, -0.2) is 13.0 Å². The van der Waals surface area contributed by atoms with Crippen LogP contribution in [-0.2, 0) is 16.6 Å². The van der Waals surface area contributed by atoms with Crippen molar-refractivity contribution in [3.63, 3.8) is 0 Å². The van der Waals surface area contributed by atoms with Crippen molar-refractivity contribution in [1.29, 1.82) is 0 Å². The summed E-state index contributed by atoms with van der Waals surface area (Å²) in [6.45, 7) is 0.303. The van der Waals surface area contributed by atoms with E-state index in [0.717, 1.165) is 0 Å². The van der Waals surface area contributed by atoms with Gasteiger partial charge in [0.1, 0.15) is 0 Å². The van der Waals surface area contributed by atoms with Crippen molar-refractivity contribution in [3.8, 4) is 0 Å². The molecule has 1 N–H and O–H groups in total. The van der Waals surface area contributed by atoms with Gasteiger partial charge in [0.25, 0.3) is 15.6 Å². The minimum absolute atomic E-state index is 0. The number of pyridine rings is 1. The second-order valence-corrected chi connectivity index (χ2v) is 5.74. The Morgan fingerprint density at radius 1 is 1.10 bits per heavy atom. The van der Waals surface area contributed by atoms with E-state index in [9.17, 15) is 13.2 Å². The topological polar surface area (TPSA) is 68.2 Å². The number of allylic oxidation sites excluding steroid dienone is 1. The molecule has 20 heavy (non-hydrogen) atoms. The first-order chi connectivity index (χ1) is 9.59. The minimum Gasteiger partial charge on any atom is -0.312 e. The van der Waals surface area contributed by atoms with Gasteiger partial charge in [0, 0.05) is 26.4 Å². The SMILES string of the molecule is O=c1ccccn1C/C=C/NS(=O)(=O)c1ccccc1.[HH]. The van der Waals surface area contributed by atoms with Crippen LogP contribution in [0.4, 0.5) is 0 Å². The van der Waals surface area contributed by atoms with Gasteiger partial charge in [-0.3, -0.25) is 9.52 Å². The second-order valence-electron chi connectivity index (χ2n) is 4.03. The molecule has 6 heteroatoms. The van der Waals surface area contributed by atoms with E-state index in [1.54, 1.807) is 42.6 Å². The molecule has 0 bridgehead atoms. The van der Waals surface area contributed by atoms with Crippen LogP contribution < -0.4 is 10.3 Å². The van der Waals surface area contributed by atoms with Gasteiger partial charge >= 0.3 is 0 Å². The summed E-state index contributed by atoms with van der Waals surface area (Å²) in [5.74, 6) is 0. The van der Waals surface area contributed by atoms with Crippen LogP contribution in [0.3, 0.4) is 0 Å². The molecule has 0 atom stereocenters. The van der Waals surface area contributed by atoms with Gasteiger partial charge in [0.2, 0.25) is 0 Å². The average molecular weight is 292 g/mol. The van der Waals surface area contributed by atoms with Crippen molar-refractivity contribution >= 4 is 10.0 Å². The van der Waals surface area contributed by atoms with Crippen LogP contribution in [0, 0.1) is 0 Å². The van der Waals surface area contributed by atoms with E-state index in [-0.39, 0.29) is 11.9 Å². The fourth-order valence-electron chi connectivity index (χ4n) is 1.58. The molecule has 1 aromatic heterocycles. The van der Waals surface area contributed by atoms with Crippen molar-refractivity contribution in [2.24, 2.45) is 0 Å². The zero-order chi connectivity index (χ0) is 14.4. The lowest BCUT2D eigenvalue weighted by Crippen LogP contribution is -2.19. The Bertz CT molecular complexity index is 755. The number of aromatic nitrogens is 1. The largest absolute Gasteiger partial charge is 0.312 e. The molecular weight excluding hydrogens is 276 g/mol. The fraction of sp³-hybridized carbons (Fsp3) is 0.0714. The highest BCUT2D eigenvalue weighted by Crippen LogP contribution is 2.06. The Morgan fingerprint density at radius 3 is 2.50 bits per heavy atom. The van der Waals surface area contributed by atoms with Gasteiger partial charge in [-0.25, -0.2) is 8.42 Å². The molecule has 0 amide bonds. The zero-order valence-corrected chi connectivity index (χ0v) is 11.5. The molecule has 0 radical (unpaired) electrons. The number of sulfonamides is 1. The summed E-state index contributed by atoms with van der Waals surface area (Å²) < 4.78 is 27.6. The van der Waals surface area contributed by atoms with Gasteiger partial charge in [0.05, 0.1) is 4.90 Å². The quantitative estimate of drug-likeness (QED) is 0.910. The normalized spacial score (nSPS) is 11.6. The lowest BCUT2D eigenvalue weighted by Gasteiger charge is -2.03. The highest BCUT2D eigenvalue weighted by atomic mass is 32.2. The van der Waals surface area contributed by atoms with Crippen LogP contribution in [0.25, 0.3) is 0 Å². The van der Waals surface area contributed by atoms with Gasteiger partial charge < -0.3 is 4.57 Å². The van der Waals surface area contributed by atoms with Crippen molar-refractivity contribution in [3.05, 3.63) is 77.4 Å². The van der Waals surface area contributed by atoms with Crippen molar-refractivity contribution in [1.82, 2.24) is 9.29 Å². The summed E-state index contributed by atoms with van der Waals surface area (Å²) in [7, 11) is -3.55. The number of hydrogen-bond donors (Lipinski definition) is 1. The number of nitrogens with one attached hydrogen (secondary N) is 1. The Kier molecular flexibility index (Phi) is 4.37. The van der Waals surface area contributed by atoms with Crippen LogP contribution in [0.2, 0.25) is 0 Å². The summed E-state index contributed by atoms with van der Waals surface area (Å²) in [5.41, 5.74) is -0.136. The van der Waals surface area contributed by atoms with Gasteiger partial charge in [-0.05, 0) is 24.3 Å². The summed E-state index contributed by atoms with van der Waals surface area (Å²) in [4.78, 5) is 11.6. The minimum atomic E-state index is -3.55. The predicted octanol–water partition coefficient (Wildman–Crippen LogP) is 1.59. The first kappa shape index (κ1) is 14.1. The summed E-state index contributed by atoms with van der Waals surface area (Å²) >= 11 is 0. The highest BCUT2D eigenvalue weighted by molar-refractivity contribution is 7.89. The fourth-order valence-corrected chi connectivity index (χ4v) is 2.51.